The van der Waals surface area contributed by atoms with Crippen LogP contribution in [0.25, 0.3) is 10.8 Å². The van der Waals surface area contributed by atoms with Gasteiger partial charge in [0.2, 0.25) is 0 Å². The Morgan fingerprint density at radius 3 is 2.13 bits per heavy atom. The van der Waals surface area contributed by atoms with Gasteiger partial charge < -0.3 is 5.32 Å². The number of fused-ring (bicyclic) bond motifs is 1. The lowest BCUT2D eigenvalue weighted by molar-refractivity contribution is 0.0954. The predicted molar refractivity (Wildman–Crippen MR) is 120 cm³/mol. The average molecular weight is 393 g/mol. The van der Waals surface area contributed by atoms with Crippen LogP contribution in [0.1, 0.15) is 26.3 Å². The van der Waals surface area contributed by atoms with Crippen LogP contribution in [0.3, 0.4) is 0 Å². The number of benzene rings is 4. The molecule has 2 amide bonds. The zero-order valence-corrected chi connectivity index (χ0v) is 16.1. The minimum atomic E-state index is -0.326. The maximum Gasteiger partial charge on any atom is 0.271 e. The highest BCUT2D eigenvalue weighted by atomic mass is 16.2. The molecule has 0 aliphatic heterocycles. The van der Waals surface area contributed by atoms with Gasteiger partial charge in [-0.2, -0.15) is 5.10 Å². The van der Waals surface area contributed by atoms with Crippen molar-refractivity contribution in [3.63, 3.8) is 0 Å². The Morgan fingerprint density at radius 2 is 1.33 bits per heavy atom. The van der Waals surface area contributed by atoms with E-state index >= 15 is 0 Å². The molecule has 4 aromatic rings. The number of hydrazone groups is 1. The van der Waals surface area contributed by atoms with Crippen LogP contribution in [-0.4, -0.2) is 18.0 Å². The van der Waals surface area contributed by atoms with Gasteiger partial charge in [-0.05, 0) is 47.2 Å². The second-order valence-corrected chi connectivity index (χ2v) is 6.67. The lowest BCUT2D eigenvalue weighted by Crippen LogP contribution is -2.18. The van der Waals surface area contributed by atoms with E-state index in [9.17, 15) is 9.59 Å². The molecule has 0 radical (unpaired) electrons. The molecule has 0 fully saturated rings. The summed E-state index contributed by atoms with van der Waals surface area (Å²) in [5.74, 6) is -0.528. The van der Waals surface area contributed by atoms with Crippen molar-refractivity contribution in [1.82, 2.24) is 5.43 Å². The number of carbonyl (C=O) groups is 2. The molecular formula is C25H19N3O2. The van der Waals surface area contributed by atoms with Gasteiger partial charge in [0.1, 0.15) is 0 Å². The topological polar surface area (TPSA) is 70.6 Å². The van der Waals surface area contributed by atoms with Gasteiger partial charge in [-0.3, -0.25) is 9.59 Å². The Kier molecular flexibility index (Phi) is 5.62. The number of nitrogens with one attached hydrogen (secondary N) is 2. The summed E-state index contributed by atoms with van der Waals surface area (Å²) in [6.45, 7) is 0. The van der Waals surface area contributed by atoms with Crippen molar-refractivity contribution >= 4 is 34.5 Å². The van der Waals surface area contributed by atoms with Gasteiger partial charge in [-0.15, -0.1) is 0 Å². The third-order valence-corrected chi connectivity index (χ3v) is 4.63. The number of hydrogen-bond acceptors (Lipinski definition) is 3. The molecular weight excluding hydrogens is 374 g/mol. The Morgan fingerprint density at radius 1 is 0.667 bits per heavy atom. The molecule has 5 heteroatoms. The van der Waals surface area contributed by atoms with E-state index in [4.69, 9.17) is 0 Å². The number of nitrogens with zero attached hydrogens (tertiary/aromatic N) is 1. The van der Waals surface area contributed by atoms with Crippen molar-refractivity contribution in [2.24, 2.45) is 5.10 Å². The second kappa shape index (κ2) is 8.84. The van der Waals surface area contributed by atoms with Gasteiger partial charge in [0.05, 0.1) is 6.21 Å². The molecule has 5 nitrogen and oxygen atoms in total. The standard InChI is InChI=1S/C25H19N3O2/c29-24(19-8-2-1-3-9-19)27-22-15-13-20(14-16-22)25(30)28-26-17-21-11-6-10-18-7-4-5-12-23(18)21/h1-17H,(H,27,29)(H,28,30). The summed E-state index contributed by atoms with van der Waals surface area (Å²) in [6.07, 6.45) is 1.63. The first-order chi connectivity index (χ1) is 14.7. The monoisotopic (exact) mass is 393 g/mol. The van der Waals surface area contributed by atoms with Crippen molar-refractivity contribution < 1.29 is 9.59 Å². The summed E-state index contributed by atoms with van der Waals surface area (Å²) in [7, 11) is 0. The van der Waals surface area contributed by atoms with Crippen molar-refractivity contribution in [3.05, 3.63) is 114 Å². The van der Waals surface area contributed by atoms with E-state index in [0.717, 1.165) is 16.3 Å². The van der Waals surface area contributed by atoms with Crippen molar-refractivity contribution in [3.8, 4) is 0 Å². The fourth-order valence-corrected chi connectivity index (χ4v) is 3.09. The lowest BCUT2D eigenvalue weighted by atomic mass is 10.1. The number of anilines is 1. The van der Waals surface area contributed by atoms with Crippen LogP contribution in [0.5, 0.6) is 0 Å². The third kappa shape index (κ3) is 4.42. The summed E-state index contributed by atoms with van der Waals surface area (Å²) in [5, 5.41) is 9.07. The molecule has 0 saturated heterocycles. The van der Waals surface area contributed by atoms with Crippen LogP contribution in [0.15, 0.2) is 102 Å². The van der Waals surface area contributed by atoms with E-state index in [1.54, 1.807) is 54.7 Å². The Hall–Kier alpha value is -4.25. The molecule has 0 aliphatic rings. The van der Waals surface area contributed by atoms with E-state index in [-0.39, 0.29) is 11.8 Å². The smallest absolute Gasteiger partial charge is 0.271 e. The Balaban J connectivity index is 1.39. The molecule has 0 aromatic heterocycles. The minimum absolute atomic E-state index is 0.201. The molecule has 0 heterocycles. The van der Waals surface area contributed by atoms with Crippen LogP contribution in [0.4, 0.5) is 5.69 Å². The van der Waals surface area contributed by atoms with Gasteiger partial charge in [0.25, 0.3) is 11.8 Å². The molecule has 0 unspecified atom stereocenters. The first-order valence-electron chi connectivity index (χ1n) is 9.48. The molecule has 146 valence electrons. The van der Waals surface area contributed by atoms with Crippen LogP contribution in [-0.2, 0) is 0 Å². The maximum absolute atomic E-state index is 12.3. The van der Waals surface area contributed by atoms with E-state index in [0.29, 0.717) is 16.8 Å². The highest BCUT2D eigenvalue weighted by Gasteiger charge is 2.07. The number of rotatable bonds is 5. The van der Waals surface area contributed by atoms with E-state index < -0.39 is 0 Å². The van der Waals surface area contributed by atoms with Crippen LogP contribution in [0.2, 0.25) is 0 Å². The van der Waals surface area contributed by atoms with Crippen LogP contribution >= 0.6 is 0 Å². The van der Waals surface area contributed by atoms with Gasteiger partial charge in [-0.1, -0.05) is 60.7 Å². The SMILES string of the molecule is O=C(NN=Cc1cccc2ccccc12)c1ccc(NC(=O)c2ccccc2)cc1. The third-order valence-electron chi connectivity index (χ3n) is 4.63. The zero-order chi connectivity index (χ0) is 20.8. The van der Waals surface area contributed by atoms with Crippen molar-refractivity contribution in [2.45, 2.75) is 0 Å². The molecule has 4 aromatic carbocycles. The van der Waals surface area contributed by atoms with Gasteiger partial charge in [0.15, 0.2) is 0 Å². The quantitative estimate of drug-likeness (QED) is 0.376. The van der Waals surface area contributed by atoms with Crippen molar-refractivity contribution in [2.75, 3.05) is 5.32 Å². The first kappa shape index (κ1) is 19.1. The van der Waals surface area contributed by atoms with Crippen LogP contribution < -0.4 is 10.7 Å². The summed E-state index contributed by atoms with van der Waals surface area (Å²) < 4.78 is 0. The largest absolute Gasteiger partial charge is 0.322 e. The molecule has 4 rings (SSSR count). The minimum Gasteiger partial charge on any atom is -0.322 e. The zero-order valence-electron chi connectivity index (χ0n) is 16.1. The summed E-state index contributed by atoms with van der Waals surface area (Å²) in [5.41, 5.74) is 5.09. The Labute approximate surface area is 174 Å². The predicted octanol–water partition coefficient (Wildman–Crippen LogP) is 4.86. The first-order valence-corrected chi connectivity index (χ1v) is 9.48. The highest BCUT2D eigenvalue weighted by molar-refractivity contribution is 6.04. The lowest BCUT2D eigenvalue weighted by Gasteiger charge is -2.06. The van der Waals surface area contributed by atoms with Gasteiger partial charge >= 0.3 is 0 Å². The summed E-state index contributed by atoms with van der Waals surface area (Å²) in [4.78, 5) is 24.5. The highest BCUT2D eigenvalue weighted by Crippen LogP contribution is 2.17. The average Bonchev–Trinajstić information content (AvgIpc) is 2.80. The molecule has 0 aliphatic carbocycles. The van der Waals surface area contributed by atoms with Gasteiger partial charge in [0, 0.05) is 22.4 Å². The fraction of sp³-hybridized carbons (Fsp3) is 0. The molecule has 0 saturated carbocycles. The molecule has 0 atom stereocenters. The molecule has 0 bridgehead atoms. The molecule has 30 heavy (non-hydrogen) atoms. The van der Waals surface area contributed by atoms with Crippen molar-refractivity contribution in [1.29, 1.82) is 0 Å². The normalized spacial score (nSPS) is 10.8. The van der Waals surface area contributed by atoms with E-state index in [1.165, 1.54) is 0 Å². The summed E-state index contributed by atoms with van der Waals surface area (Å²) >= 11 is 0. The van der Waals surface area contributed by atoms with E-state index in [2.05, 4.69) is 15.8 Å². The number of carbonyl (C=O) groups excluding carboxylic acids is 2. The Bertz CT molecular complexity index is 1210. The fourth-order valence-electron chi connectivity index (χ4n) is 3.09. The maximum atomic E-state index is 12.3. The van der Waals surface area contributed by atoms with Crippen LogP contribution in [0, 0.1) is 0 Å². The van der Waals surface area contributed by atoms with Gasteiger partial charge in [-0.25, -0.2) is 5.43 Å². The number of amides is 2. The van der Waals surface area contributed by atoms with E-state index in [1.807, 2.05) is 48.5 Å². The summed E-state index contributed by atoms with van der Waals surface area (Å²) in [6, 6.07) is 29.5. The number of hydrogen-bond donors (Lipinski definition) is 2. The molecule has 2 N–H and O–H groups in total. The second-order valence-electron chi connectivity index (χ2n) is 6.67. The molecule has 0 spiro atoms.